The Morgan fingerprint density at radius 1 is 0.773 bits per heavy atom. The van der Waals surface area contributed by atoms with E-state index in [-0.39, 0.29) is 13.2 Å². The van der Waals surface area contributed by atoms with Gasteiger partial charge in [0.25, 0.3) is 0 Å². The van der Waals surface area contributed by atoms with Gasteiger partial charge in [-0.3, -0.25) is 0 Å². The molecule has 0 saturated heterocycles. The highest BCUT2D eigenvalue weighted by Crippen LogP contribution is 2.14. The second-order valence-electron chi connectivity index (χ2n) is 5.90. The number of hydrogen-bond acceptors (Lipinski definition) is 3. The molecule has 117 valence electrons. The minimum Gasteiger partial charge on any atom is -0.394 e. The Hall–Kier alpha value is -1.68. The van der Waals surface area contributed by atoms with E-state index in [1.165, 1.54) is 16.7 Å². The van der Waals surface area contributed by atoms with Gasteiger partial charge in [0, 0.05) is 0 Å². The molecule has 4 N–H and O–H groups in total. The van der Waals surface area contributed by atoms with Crippen LogP contribution in [0.1, 0.15) is 23.1 Å². The van der Waals surface area contributed by atoms with Crippen molar-refractivity contribution in [2.75, 3.05) is 13.2 Å². The second-order valence-corrected chi connectivity index (χ2v) is 5.90. The van der Waals surface area contributed by atoms with Crippen LogP contribution in [-0.4, -0.2) is 29.0 Å². The molecular formula is C19H24NO2. The van der Waals surface area contributed by atoms with Crippen molar-refractivity contribution >= 4 is 0 Å². The van der Waals surface area contributed by atoms with Crippen molar-refractivity contribution < 1.29 is 10.2 Å². The Labute approximate surface area is 132 Å². The van der Waals surface area contributed by atoms with E-state index in [0.717, 1.165) is 19.3 Å². The zero-order chi connectivity index (χ0) is 15.8. The van der Waals surface area contributed by atoms with Crippen LogP contribution in [0, 0.1) is 6.07 Å². The van der Waals surface area contributed by atoms with Crippen LogP contribution in [0.3, 0.4) is 0 Å². The lowest BCUT2D eigenvalue weighted by atomic mass is 9.93. The van der Waals surface area contributed by atoms with Crippen molar-refractivity contribution in [3.8, 4) is 0 Å². The summed E-state index contributed by atoms with van der Waals surface area (Å²) in [6, 6.07) is 19.6. The minimum absolute atomic E-state index is 0.198. The van der Waals surface area contributed by atoms with E-state index in [2.05, 4.69) is 42.5 Å². The maximum atomic E-state index is 9.20. The van der Waals surface area contributed by atoms with Gasteiger partial charge in [0.2, 0.25) is 0 Å². The predicted molar refractivity (Wildman–Crippen MR) is 88.5 cm³/mol. The van der Waals surface area contributed by atoms with Crippen molar-refractivity contribution in [1.82, 2.24) is 0 Å². The molecule has 0 amide bonds. The molecule has 0 heterocycles. The van der Waals surface area contributed by atoms with Gasteiger partial charge in [-0.05, 0) is 48.4 Å². The van der Waals surface area contributed by atoms with Crippen molar-refractivity contribution in [1.29, 1.82) is 0 Å². The summed E-state index contributed by atoms with van der Waals surface area (Å²) in [6.07, 6.45) is 3.36. The van der Waals surface area contributed by atoms with E-state index in [1.54, 1.807) is 0 Å². The molecule has 0 atom stereocenters. The average molecular weight is 298 g/mol. The minimum atomic E-state index is -0.886. The number of aliphatic hydroxyl groups is 2. The summed E-state index contributed by atoms with van der Waals surface area (Å²) in [5.41, 5.74) is 8.80. The third-order valence-corrected chi connectivity index (χ3v) is 4.05. The van der Waals surface area contributed by atoms with Crippen LogP contribution in [0.25, 0.3) is 0 Å². The normalized spacial score (nSPS) is 11.6. The van der Waals surface area contributed by atoms with Crippen LogP contribution >= 0.6 is 0 Å². The highest BCUT2D eigenvalue weighted by atomic mass is 16.3. The molecule has 3 heteroatoms. The van der Waals surface area contributed by atoms with Gasteiger partial charge in [-0.2, -0.15) is 0 Å². The molecule has 0 spiro atoms. The molecule has 1 radical (unpaired) electrons. The molecule has 22 heavy (non-hydrogen) atoms. The number of benzene rings is 2. The summed E-state index contributed by atoms with van der Waals surface area (Å²) in [5.74, 6) is 0. The molecule has 2 aromatic carbocycles. The third kappa shape index (κ3) is 4.95. The Balaban J connectivity index is 1.85. The van der Waals surface area contributed by atoms with Gasteiger partial charge in [-0.25, -0.2) is 0 Å². The largest absolute Gasteiger partial charge is 0.394 e. The van der Waals surface area contributed by atoms with Gasteiger partial charge in [-0.15, -0.1) is 0 Å². The lowest BCUT2D eigenvalue weighted by Gasteiger charge is -2.24. The molecule has 0 aliphatic carbocycles. The number of hydrogen-bond donors (Lipinski definition) is 3. The zero-order valence-electron chi connectivity index (χ0n) is 12.8. The van der Waals surface area contributed by atoms with Gasteiger partial charge < -0.3 is 15.9 Å². The van der Waals surface area contributed by atoms with Crippen LogP contribution in [-0.2, 0) is 19.3 Å². The molecule has 0 unspecified atom stereocenters. The van der Waals surface area contributed by atoms with Crippen molar-refractivity contribution in [2.24, 2.45) is 5.73 Å². The third-order valence-electron chi connectivity index (χ3n) is 4.05. The van der Waals surface area contributed by atoms with Crippen LogP contribution in [0.2, 0.25) is 0 Å². The summed E-state index contributed by atoms with van der Waals surface area (Å²) in [4.78, 5) is 0. The van der Waals surface area contributed by atoms with Gasteiger partial charge in [0.15, 0.2) is 0 Å². The van der Waals surface area contributed by atoms with Crippen LogP contribution in [0.5, 0.6) is 0 Å². The number of nitrogens with two attached hydrogens (primary N) is 1. The molecule has 0 saturated carbocycles. The van der Waals surface area contributed by atoms with E-state index in [9.17, 15) is 10.2 Å². The number of aliphatic hydroxyl groups excluding tert-OH is 2. The fourth-order valence-corrected chi connectivity index (χ4v) is 2.35. The lowest BCUT2D eigenvalue weighted by molar-refractivity contribution is 0.115. The van der Waals surface area contributed by atoms with E-state index >= 15 is 0 Å². The van der Waals surface area contributed by atoms with Gasteiger partial charge in [-0.1, -0.05) is 48.5 Å². The Kier molecular flexibility index (Phi) is 6.13. The van der Waals surface area contributed by atoms with Crippen LogP contribution in [0.4, 0.5) is 0 Å². The van der Waals surface area contributed by atoms with Gasteiger partial charge >= 0.3 is 0 Å². The highest BCUT2D eigenvalue weighted by Gasteiger charge is 2.22. The molecule has 0 fully saturated rings. The van der Waals surface area contributed by atoms with E-state index in [0.29, 0.717) is 6.42 Å². The smallest absolute Gasteiger partial charge is 0.0633 e. The molecule has 0 aromatic heterocycles. The van der Waals surface area contributed by atoms with Crippen molar-refractivity contribution in [3.05, 3.63) is 71.3 Å². The standard InChI is InChI=1S/C19H24NO2/c20-19(14-21,15-22)13-12-18-10-8-17(9-11-18)7-6-16-4-2-1-3-5-16/h2-5,8-11,21-22H,6-7,12-15,20H2. The van der Waals surface area contributed by atoms with Crippen molar-refractivity contribution in [3.63, 3.8) is 0 Å². The molecule has 0 bridgehead atoms. The Morgan fingerprint density at radius 3 is 1.73 bits per heavy atom. The van der Waals surface area contributed by atoms with Crippen molar-refractivity contribution in [2.45, 2.75) is 31.2 Å². The monoisotopic (exact) mass is 298 g/mol. The molecule has 2 aromatic rings. The summed E-state index contributed by atoms with van der Waals surface area (Å²) >= 11 is 0. The molecule has 0 aliphatic rings. The molecule has 2 rings (SSSR count). The zero-order valence-corrected chi connectivity index (χ0v) is 12.8. The number of rotatable bonds is 8. The van der Waals surface area contributed by atoms with E-state index in [1.807, 2.05) is 12.1 Å². The second kappa shape index (κ2) is 8.08. The number of aryl methyl sites for hydroxylation is 3. The average Bonchev–Trinajstić information content (AvgIpc) is 2.59. The van der Waals surface area contributed by atoms with E-state index < -0.39 is 5.54 Å². The van der Waals surface area contributed by atoms with Gasteiger partial charge in [0.05, 0.1) is 18.8 Å². The van der Waals surface area contributed by atoms with Crippen LogP contribution < -0.4 is 5.73 Å². The first-order valence-corrected chi connectivity index (χ1v) is 7.69. The maximum Gasteiger partial charge on any atom is 0.0633 e. The molecular weight excluding hydrogens is 274 g/mol. The first-order valence-electron chi connectivity index (χ1n) is 7.69. The highest BCUT2D eigenvalue weighted by molar-refractivity contribution is 5.24. The quantitative estimate of drug-likeness (QED) is 0.697. The van der Waals surface area contributed by atoms with Crippen LogP contribution in [0.15, 0.2) is 48.5 Å². The Morgan fingerprint density at radius 2 is 1.23 bits per heavy atom. The first kappa shape index (κ1) is 16.7. The predicted octanol–water partition coefficient (Wildman–Crippen LogP) is 1.89. The first-order chi connectivity index (χ1) is 10.6. The topological polar surface area (TPSA) is 66.5 Å². The Bertz CT molecular complexity index is 547. The summed E-state index contributed by atoms with van der Waals surface area (Å²) < 4.78 is 0. The molecule has 0 aliphatic heterocycles. The summed E-state index contributed by atoms with van der Waals surface area (Å²) in [7, 11) is 0. The fraction of sp³-hybridized carbons (Fsp3) is 0.368. The van der Waals surface area contributed by atoms with E-state index in [4.69, 9.17) is 5.73 Å². The lowest BCUT2D eigenvalue weighted by Crippen LogP contribution is -2.47. The fourth-order valence-electron chi connectivity index (χ4n) is 2.35. The molecule has 3 nitrogen and oxygen atoms in total. The SMILES string of the molecule is NC(CO)(CO)CCc1ccc(CCc2cc[c]cc2)cc1. The summed E-state index contributed by atoms with van der Waals surface area (Å²) in [6.45, 7) is -0.397. The van der Waals surface area contributed by atoms with Gasteiger partial charge in [0.1, 0.15) is 0 Å². The summed E-state index contributed by atoms with van der Waals surface area (Å²) in [5, 5.41) is 18.4. The maximum absolute atomic E-state index is 9.20.